The van der Waals surface area contributed by atoms with E-state index in [9.17, 15) is 14.4 Å². The summed E-state index contributed by atoms with van der Waals surface area (Å²) in [5.41, 5.74) is 0.407. The van der Waals surface area contributed by atoms with Gasteiger partial charge < -0.3 is 5.21 Å². The van der Waals surface area contributed by atoms with Gasteiger partial charge >= 0.3 is 0 Å². The van der Waals surface area contributed by atoms with Gasteiger partial charge in [-0.1, -0.05) is 0 Å². The highest BCUT2D eigenvalue weighted by molar-refractivity contribution is 6.02. The number of carbonyl (C=O) groups excluding carboxylic acids is 1. The predicted octanol–water partition coefficient (Wildman–Crippen LogP) is 1.61. The van der Waals surface area contributed by atoms with Gasteiger partial charge in [0.1, 0.15) is 12.9 Å². The summed E-state index contributed by atoms with van der Waals surface area (Å²) in [5.74, 6) is -0.584. The lowest BCUT2D eigenvalue weighted by molar-refractivity contribution is -0.418. The van der Waals surface area contributed by atoms with E-state index in [2.05, 4.69) is 0 Å². The fourth-order valence-electron chi connectivity index (χ4n) is 0.965. The summed E-state index contributed by atoms with van der Waals surface area (Å²) in [6.45, 7) is 0. The summed E-state index contributed by atoms with van der Waals surface area (Å²) < 4.78 is 13.1. The van der Waals surface area contributed by atoms with Crippen LogP contribution in [0.5, 0.6) is 0 Å². The Morgan fingerprint density at radius 2 is 2.07 bits per heavy atom. The molecule has 0 amide bonds. The smallest absolute Gasteiger partial charge is 0.172 e. The van der Waals surface area contributed by atoms with E-state index in [1.807, 2.05) is 0 Å². The number of benzene rings is 1. The topological polar surface area (TPSA) is 43.1 Å². The molecule has 0 aliphatic rings. The molecule has 0 fully saturated rings. The van der Waals surface area contributed by atoms with Crippen LogP contribution < -0.4 is 0 Å². The molecule has 0 aliphatic carbocycles. The van der Waals surface area contributed by atoms with Crippen LogP contribution in [-0.2, 0) is 0 Å². The summed E-state index contributed by atoms with van der Waals surface area (Å²) >= 11 is 0. The van der Waals surface area contributed by atoms with Crippen molar-refractivity contribution in [3.8, 4) is 0 Å². The molecule has 3 nitrogen and oxygen atoms in total. The van der Waals surface area contributed by atoms with Crippen LogP contribution in [-0.4, -0.2) is 23.8 Å². The average molecular weight is 195 g/mol. The second-order valence-electron chi connectivity index (χ2n) is 2.86. The molecule has 1 aromatic rings. The summed E-state index contributed by atoms with van der Waals surface area (Å²) in [6.07, 6.45) is 1.26. The summed E-state index contributed by atoms with van der Waals surface area (Å²) in [5, 5.41) is 10.5. The van der Waals surface area contributed by atoms with Crippen LogP contribution in [0.25, 0.3) is 0 Å². The molecule has 74 valence electrons. The third-order valence-corrected chi connectivity index (χ3v) is 1.70. The minimum atomic E-state index is -0.383. The van der Waals surface area contributed by atoms with Gasteiger partial charge in [-0.3, -0.25) is 4.79 Å². The Kier molecular flexibility index (Phi) is 3.34. The molecule has 14 heavy (non-hydrogen) atoms. The zero-order valence-electron chi connectivity index (χ0n) is 7.74. The first kappa shape index (κ1) is 10.4. The molecule has 0 unspecified atom stereocenters. The first-order valence-electron chi connectivity index (χ1n) is 4.11. The number of ketones is 1. The largest absolute Gasteiger partial charge is 0.624 e. The lowest BCUT2D eigenvalue weighted by Crippen LogP contribution is -2.04. The van der Waals surface area contributed by atoms with Crippen LogP contribution in [0.1, 0.15) is 16.8 Å². The van der Waals surface area contributed by atoms with Crippen LogP contribution in [0.2, 0.25) is 0 Å². The van der Waals surface area contributed by atoms with Gasteiger partial charge in [-0.05, 0) is 24.3 Å². The highest BCUT2D eigenvalue weighted by Crippen LogP contribution is 2.04. The normalized spacial score (nSPS) is 11.4. The van der Waals surface area contributed by atoms with Gasteiger partial charge in [0, 0.05) is 5.56 Å². The number of carbonyl (C=O) groups is 1. The van der Waals surface area contributed by atoms with Crippen molar-refractivity contribution >= 4 is 12.0 Å². The van der Waals surface area contributed by atoms with E-state index in [0.717, 1.165) is 0 Å². The molecule has 0 atom stereocenters. The zero-order chi connectivity index (χ0) is 10.6. The van der Waals surface area contributed by atoms with E-state index in [1.165, 1.54) is 37.5 Å². The third-order valence-electron chi connectivity index (χ3n) is 1.70. The first-order valence-corrected chi connectivity index (χ1v) is 4.11. The molecule has 4 heteroatoms. The molecule has 0 saturated carbocycles. The van der Waals surface area contributed by atoms with Gasteiger partial charge in [0.15, 0.2) is 12.0 Å². The van der Waals surface area contributed by atoms with E-state index in [0.29, 0.717) is 10.3 Å². The Bertz CT molecular complexity index is 353. The van der Waals surface area contributed by atoms with Crippen LogP contribution in [0.4, 0.5) is 4.39 Å². The summed E-state index contributed by atoms with van der Waals surface area (Å²) in [4.78, 5) is 11.3. The van der Waals surface area contributed by atoms with E-state index in [-0.39, 0.29) is 18.0 Å². The van der Waals surface area contributed by atoms with Crippen LogP contribution in [0.15, 0.2) is 24.3 Å². The van der Waals surface area contributed by atoms with Gasteiger partial charge in [-0.15, -0.1) is 0 Å². The third kappa shape index (κ3) is 2.97. The predicted molar refractivity (Wildman–Crippen MR) is 51.0 cm³/mol. The fraction of sp³-hybridized carbons (Fsp3) is 0.200. The van der Waals surface area contributed by atoms with Crippen molar-refractivity contribution in [2.45, 2.75) is 6.42 Å². The van der Waals surface area contributed by atoms with Crippen LogP contribution >= 0.6 is 0 Å². The quantitative estimate of drug-likeness (QED) is 0.242. The Morgan fingerprint density at radius 1 is 1.50 bits per heavy atom. The monoisotopic (exact) mass is 195 g/mol. The number of rotatable bonds is 3. The van der Waals surface area contributed by atoms with Gasteiger partial charge in [0.05, 0.1) is 6.42 Å². The Balaban J connectivity index is 2.70. The van der Waals surface area contributed by atoms with Crippen molar-refractivity contribution in [3.63, 3.8) is 0 Å². The minimum absolute atomic E-state index is 0.0334. The lowest BCUT2D eigenvalue weighted by atomic mass is 10.1. The van der Waals surface area contributed by atoms with Crippen molar-refractivity contribution in [1.29, 1.82) is 0 Å². The highest BCUT2D eigenvalue weighted by Gasteiger charge is 2.05. The van der Waals surface area contributed by atoms with Gasteiger partial charge in [0.2, 0.25) is 0 Å². The van der Waals surface area contributed by atoms with Crippen molar-refractivity contribution in [3.05, 3.63) is 40.9 Å². The molecule has 0 aliphatic heterocycles. The number of halogens is 1. The molecule has 0 spiro atoms. The molecule has 0 radical (unpaired) electrons. The molecule has 1 aromatic carbocycles. The summed E-state index contributed by atoms with van der Waals surface area (Å²) in [6, 6.07) is 5.23. The summed E-state index contributed by atoms with van der Waals surface area (Å²) in [7, 11) is 1.30. The number of hydrogen-bond donors (Lipinski definition) is 0. The molecular weight excluding hydrogens is 185 g/mol. The number of hydrogen-bond acceptors (Lipinski definition) is 2. The SMILES string of the molecule is C/[N+]([O-])=C/CC(=O)c1ccc(F)cc1. The Labute approximate surface area is 81.1 Å². The molecular formula is C10H10FNO2. The average Bonchev–Trinajstić information content (AvgIpc) is 2.15. The molecule has 0 heterocycles. The molecule has 0 saturated heterocycles. The lowest BCUT2D eigenvalue weighted by Gasteiger charge is -1.97. The standard InChI is InChI=1S/C10H10FNO2/c1-12(14)7-6-10(13)8-2-4-9(11)5-3-8/h2-5,7H,6H2,1H3/b12-7-. The maximum Gasteiger partial charge on any atom is 0.172 e. The molecule has 0 N–H and O–H groups in total. The number of nitrogens with zero attached hydrogens (tertiary/aromatic N) is 1. The van der Waals surface area contributed by atoms with E-state index < -0.39 is 0 Å². The second-order valence-corrected chi connectivity index (χ2v) is 2.86. The maximum absolute atomic E-state index is 12.5. The highest BCUT2D eigenvalue weighted by atomic mass is 19.1. The van der Waals surface area contributed by atoms with E-state index >= 15 is 0 Å². The second kappa shape index (κ2) is 4.50. The van der Waals surface area contributed by atoms with Gasteiger partial charge in [0.25, 0.3) is 0 Å². The first-order chi connectivity index (χ1) is 6.59. The number of hydroxylamine groups is 1. The van der Waals surface area contributed by atoms with Crippen molar-refractivity contribution < 1.29 is 13.9 Å². The van der Waals surface area contributed by atoms with E-state index in [1.54, 1.807) is 0 Å². The van der Waals surface area contributed by atoms with E-state index in [4.69, 9.17) is 0 Å². The van der Waals surface area contributed by atoms with Gasteiger partial charge in [-0.2, -0.15) is 0 Å². The van der Waals surface area contributed by atoms with Crippen molar-refractivity contribution in [2.75, 3.05) is 7.05 Å². The van der Waals surface area contributed by atoms with Crippen LogP contribution in [0.3, 0.4) is 0 Å². The zero-order valence-corrected chi connectivity index (χ0v) is 7.74. The van der Waals surface area contributed by atoms with Crippen molar-refractivity contribution in [2.24, 2.45) is 0 Å². The van der Waals surface area contributed by atoms with Gasteiger partial charge in [-0.25, -0.2) is 9.13 Å². The molecule has 1 rings (SSSR count). The Morgan fingerprint density at radius 3 is 2.57 bits per heavy atom. The molecule has 0 aromatic heterocycles. The minimum Gasteiger partial charge on any atom is -0.624 e. The Hall–Kier alpha value is -1.71. The van der Waals surface area contributed by atoms with Crippen LogP contribution in [0, 0.1) is 11.0 Å². The maximum atomic E-state index is 12.5. The number of Topliss-reactive ketones (excluding diaryl/α,β-unsaturated/α-hetero) is 1. The van der Waals surface area contributed by atoms with Crippen molar-refractivity contribution in [1.82, 2.24) is 0 Å². The fourth-order valence-corrected chi connectivity index (χ4v) is 0.965. The molecule has 0 bridgehead atoms.